The first kappa shape index (κ1) is 13.8. The summed E-state index contributed by atoms with van der Waals surface area (Å²) in [4.78, 5) is 16.3. The van der Waals surface area contributed by atoms with Gasteiger partial charge in [0.1, 0.15) is 6.54 Å². The highest BCUT2D eigenvalue weighted by molar-refractivity contribution is 7.92. The standard InChI is InChI=1S/C12H23N3O2S/c1-9(2)15-10-5-11(15)8-14(7-10)12(16)6-13-18(3,4)17/h9-11H,5-8H2,1-4H3. The van der Waals surface area contributed by atoms with Crippen molar-refractivity contribution in [3.8, 4) is 0 Å². The third kappa shape index (κ3) is 2.85. The van der Waals surface area contributed by atoms with Gasteiger partial charge >= 0.3 is 0 Å². The molecule has 2 bridgehead atoms. The van der Waals surface area contributed by atoms with E-state index in [4.69, 9.17) is 0 Å². The minimum absolute atomic E-state index is 0.0181. The zero-order valence-electron chi connectivity index (χ0n) is 11.6. The molecule has 6 heteroatoms. The number of hydrogen-bond acceptors (Lipinski definition) is 4. The molecule has 0 aromatic rings. The molecule has 0 radical (unpaired) electrons. The molecule has 0 aliphatic carbocycles. The molecule has 2 unspecified atom stereocenters. The van der Waals surface area contributed by atoms with Crippen LogP contribution in [-0.4, -0.2) is 70.2 Å². The quantitative estimate of drug-likeness (QED) is 0.748. The molecule has 0 N–H and O–H groups in total. The lowest BCUT2D eigenvalue weighted by Crippen LogP contribution is -2.71. The highest BCUT2D eigenvalue weighted by Crippen LogP contribution is 2.33. The summed E-state index contributed by atoms with van der Waals surface area (Å²) in [6.07, 6.45) is 4.33. The summed E-state index contributed by atoms with van der Waals surface area (Å²) in [7, 11) is -2.17. The lowest BCUT2D eigenvalue weighted by molar-refractivity contribution is -0.145. The van der Waals surface area contributed by atoms with Crippen LogP contribution in [-0.2, 0) is 14.5 Å². The van der Waals surface area contributed by atoms with Crippen LogP contribution in [0.3, 0.4) is 0 Å². The number of carbonyl (C=O) groups excluding carboxylic acids is 1. The van der Waals surface area contributed by atoms with Gasteiger partial charge in [-0.3, -0.25) is 13.9 Å². The van der Waals surface area contributed by atoms with E-state index >= 15 is 0 Å². The van der Waals surface area contributed by atoms with Gasteiger partial charge < -0.3 is 4.90 Å². The second-order valence-electron chi connectivity index (χ2n) is 5.85. The SMILES string of the molecule is CC(C)N1C2CC1CN(C(=O)CN=S(C)(C)=O)C2. The van der Waals surface area contributed by atoms with Crippen molar-refractivity contribution in [1.82, 2.24) is 9.80 Å². The predicted octanol–water partition coefficient (Wildman–Crippen LogP) is 0.408. The number of fused-ring (bicyclic) bond motifs is 2. The summed E-state index contributed by atoms with van der Waals surface area (Å²) in [6, 6.07) is 1.58. The summed E-state index contributed by atoms with van der Waals surface area (Å²) in [5, 5.41) is 0. The zero-order valence-corrected chi connectivity index (χ0v) is 12.4. The second-order valence-corrected chi connectivity index (χ2v) is 8.47. The molecule has 18 heavy (non-hydrogen) atoms. The Morgan fingerprint density at radius 2 is 1.89 bits per heavy atom. The smallest absolute Gasteiger partial charge is 0.245 e. The number of piperidine rings is 1. The van der Waals surface area contributed by atoms with Gasteiger partial charge in [-0.15, -0.1) is 0 Å². The number of rotatable bonds is 3. The minimum atomic E-state index is -2.17. The molecule has 3 aliphatic heterocycles. The van der Waals surface area contributed by atoms with E-state index in [1.165, 1.54) is 6.42 Å². The van der Waals surface area contributed by atoms with Gasteiger partial charge in [0.2, 0.25) is 5.91 Å². The number of carbonyl (C=O) groups is 1. The van der Waals surface area contributed by atoms with Gasteiger partial charge in [0.25, 0.3) is 0 Å². The lowest BCUT2D eigenvalue weighted by Gasteiger charge is -2.58. The summed E-state index contributed by atoms with van der Waals surface area (Å²) >= 11 is 0. The van der Waals surface area contributed by atoms with Gasteiger partial charge in [0.05, 0.1) is 0 Å². The van der Waals surface area contributed by atoms with Crippen LogP contribution in [0.1, 0.15) is 20.3 Å². The summed E-state index contributed by atoms with van der Waals surface area (Å²) in [6.45, 7) is 6.08. The van der Waals surface area contributed by atoms with Crippen LogP contribution in [0, 0.1) is 0 Å². The molecule has 104 valence electrons. The number of amides is 1. The Bertz CT molecular complexity index is 434. The molecule has 5 nitrogen and oxygen atoms in total. The van der Waals surface area contributed by atoms with Crippen molar-refractivity contribution in [2.45, 2.75) is 38.4 Å². The summed E-state index contributed by atoms with van der Waals surface area (Å²) < 4.78 is 15.4. The number of nitrogens with zero attached hydrogens (tertiary/aromatic N) is 3. The highest BCUT2D eigenvalue weighted by Gasteiger charge is 2.46. The van der Waals surface area contributed by atoms with Crippen LogP contribution >= 0.6 is 0 Å². The van der Waals surface area contributed by atoms with Crippen LogP contribution in [0.15, 0.2) is 4.36 Å². The van der Waals surface area contributed by atoms with Crippen molar-refractivity contribution < 1.29 is 9.00 Å². The van der Waals surface area contributed by atoms with E-state index in [2.05, 4.69) is 23.1 Å². The van der Waals surface area contributed by atoms with E-state index in [1.807, 2.05) is 4.90 Å². The Morgan fingerprint density at radius 3 is 2.33 bits per heavy atom. The minimum Gasteiger partial charge on any atom is -0.338 e. The zero-order chi connectivity index (χ0) is 13.5. The molecule has 0 aromatic carbocycles. The molecule has 0 spiro atoms. The third-order valence-corrected chi connectivity index (χ3v) is 4.46. The molecular weight excluding hydrogens is 250 g/mol. The molecule has 1 amide bonds. The third-order valence-electron chi connectivity index (χ3n) is 3.71. The topological polar surface area (TPSA) is 53.0 Å². The van der Waals surface area contributed by atoms with Gasteiger partial charge in [-0.1, -0.05) is 0 Å². The van der Waals surface area contributed by atoms with Crippen LogP contribution in [0.5, 0.6) is 0 Å². The van der Waals surface area contributed by atoms with E-state index in [9.17, 15) is 9.00 Å². The molecule has 3 saturated heterocycles. The second kappa shape index (κ2) is 4.81. The van der Waals surface area contributed by atoms with E-state index in [0.717, 1.165) is 13.1 Å². The predicted molar refractivity (Wildman–Crippen MR) is 73.0 cm³/mol. The van der Waals surface area contributed by atoms with Crippen LogP contribution in [0.4, 0.5) is 0 Å². The largest absolute Gasteiger partial charge is 0.338 e. The molecule has 3 fully saturated rings. The van der Waals surface area contributed by atoms with Crippen LogP contribution < -0.4 is 0 Å². The molecule has 3 aliphatic rings. The number of piperazine rings is 1. The first-order chi connectivity index (χ1) is 8.28. The lowest BCUT2D eigenvalue weighted by atomic mass is 9.86. The van der Waals surface area contributed by atoms with Crippen molar-refractivity contribution in [2.75, 3.05) is 32.1 Å². The Morgan fingerprint density at radius 1 is 1.33 bits per heavy atom. The Balaban J connectivity index is 1.91. The Labute approximate surface area is 110 Å². The fourth-order valence-corrected chi connectivity index (χ4v) is 3.42. The molecule has 3 rings (SSSR count). The summed E-state index contributed by atoms with van der Waals surface area (Å²) in [5.41, 5.74) is 0. The van der Waals surface area contributed by atoms with E-state index in [-0.39, 0.29) is 12.5 Å². The van der Waals surface area contributed by atoms with Crippen molar-refractivity contribution in [3.63, 3.8) is 0 Å². The Kier molecular flexibility index (Phi) is 3.69. The molecular formula is C12H23N3O2S. The average Bonchev–Trinajstić information content (AvgIpc) is 2.24. The molecule has 0 saturated carbocycles. The maximum absolute atomic E-state index is 12.0. The van der Waals surface area contributed by atoms with E-state index in [0.29, 0.717) is 18.1 Å². The maximum atomic E-state index is 12.0. The fraction of sp³-hybridized carbons (Fsp3) is 0.917. The van der Waals surface area contributed by atoms with Crippen LogP contribution in [0.25, 0.3) is 0 Å². The Hall–Kier alpha value is -0.620. The highest BCUT2D eigenvalue weighted by atomic mass is 32.2. The fourth-order valence-electron chi connectivity index (χ4n) is 3.00. The first-order valence-electron chi connectivity index (χ1n) is 6.46. The molecule has 0 aromatic heterocycles. The van der Waals surface area contributed by atoms with Crippen molar-refractivity contribution >= 4 is 15.6 Å². The van der Waals surface area contributed by atoms with Gasteiger partial charge in [0, 0.05) is 53.5 Å². The van der Waals surface area contributed by atoms with E-state index in [1.54, 1.807) is 12.5 Å². The van der Waals surface area contributed by atoms with Gasteiger partial charge in [-0.05, 0) is 20.3 Å². The monoisotopic (exact) mass is 273 g/mol. The summed E-state index contributed by atoms with van der Waals surface area (Å²) in [5.74, 6) is 0.0181. The normalized spacial score (nSPS) is 28.2. The maximum Gasteiger partial charge on any atom is 0.245 e. The van der Waals surface area contributed by atoms with Gasteiger partial charge in [-0.2, -0.15) is 0 Å². The van der Waals surface area contributed by atoms with E-state index < -0.39 is 9.73 Å². The molecule has 3 heterocycles. The number of hydrogen-bond donors (Lipinski definition) is 0. The average molecular weight is 273 g/mol. The van der Waals surface area contributed by atoms with Crippen molar-refractivity contribution in [1.29, 1.82) is 0 Å². The van der Waals surface area contributed by atoms with Crippen LogP contribution in [0.2, 0.25) is 0 Å². The van der Waals surface area contributed by atoms with Crippen molar-refractivity contribution in [3.05, 3.63) is 0 Å². The molecule has 2 atom stereocenters. The van der Waals surface area contributed by atoms with Gasteiger partial charge in [-0.25, -0.2) is 4.36 Å². The van der Waals surface area contributed by atoms with Crippen molar-refractivity contribution in [2.24, 2.45) is 4.36 Å². The first-order valence-corrected chi connectivity index (χ1v) is 8.79. The van der Waals surface area contributed by atoms with Gasteiger partial charge in [0.15, 0.2) is 0 Å².